The molecule has 6 nitrogen and oxygen atoms in total. The molecule has 3 aromatic rings. The van der Waals surface area contributed by atoms with Gasteiger partial charge in [-0.1, -0.05) is 30.3 Å². The first-order valence-corrected chi connectivity index (χ1v) is 11.8. The van der Waals surface area contributed by atoms with Crippen LogP contribution in [0.15, 0.2) is 66.7 Å². The molecule has 0 unspecified atom stereocenters. The topological polar surface area (TPSA) is 67.9 Å². The van der Waals surface area contributed by atoms with Gasteiger partial charge in [-0.15, -0.1) is 11.3 Å². The molecule has 1 fully saturated rings. The Labute approximate surface area is 196 Å². The van der Waals surface area contributed by atoms with Crippen LogP contribution in [0.3, 0.4) is 0 Å². The molecule has 0 saturated carbocycles. The van der Waals surface area contributed by atoms with Gasteiger partial charge in [-0.2, -0.15) is 0 Å². The summed E-state index contributed by atoms with van der Waals surface area (Å²) >= 11 is 1.66. The molecule has 33 heavy (non-hydrogen) atoms. The monoisotopic (exact) mass is 460 g/mol. The van der Waals surface area contributed by atoms with E-state index in [0.717, 1.165) is 4.88 Å². The average molecular weight is 461 g/mol. The third-order valence-electron chi connectivity index (χ3n) is 5.89. The normalized spacial score (nSPS) is 15.7. The number of hydrogen-bond donors (Lipinski definition) is 1. The predicted molar refractivity (Wildman–Crippen MR) is 129 cm³/mol. The smallest absolute Gasteiger partial charge is 0.246 e. The van der Waals surface area contributed by atoms with Gasteiger partial charge < -0.3 is 19.7 Å². The summed E-state index contributed by atoms with van der Waals surface area (Å²) in [6, 6.07) is 19.7. The number of carbonyl (C=O) groups is 2. The van der Waals surface area contributed by atoms with Crippen molar-refractivity contribution in [2.24, 2.45) is 5.92 Å². The van der Waals surface area contributed by atoms with Crippen LogP contribution in [0.1, 0.15) is 17.7 Å². The highest BCUT2D eigenvalue weighted by atomic mass is 32.1. The Balaban J connectivity index is 1.12. The number of nitrogens with zero attached hydrogens (tertiary/aromatic N) is 1. The zero-order chi connectivity index (χ0) is 22.6. The van der Waals surface area contributed by atoms with Gasteiger partial charge in [-0.05, 0) is 48.7 Å². The highest BCUT2D eigenvalue weighted by Crippen LogP contribution is 2.34. The summed E-state index contributed by atoms with van der Waals surface area (Å²) in [5.74, 6) is 1.17. The molecule has 0 spiro atoms. The number of nitrogens with one attached hydrogen (secondary N) is 1. The summed E-state index contributed by atoms with van der Waals surface area (Å²) in [6.45, 7) is 1.35. The van der Waals surface area contributed by atoms with Crippen LogP contribution < -0.4 is 14.8 Å². The number of piperidine rings is 1. The number of amides is 2. The lowest BCUT2D eigenvalue weighted by Crippen LogP contribution is -2.40. The lowest BCUT2D eigenvalue weighted by molar-refractivity contribution is -0.130. The van der Waals surface area contributed by atoms with Crippen molar-refractivity contribution in [3.05, 3.63) is 71.6 Å². The van der Waals surface area contributed by atoms with E-state index in [1.807, 2.05) is 41.3 Å². The highest BCUT2D eigenvalue weighted by Gasteiger charge is 2.27. The Morgan fingerprint density at radius 2 is 1.76 bits per heavy atom. The maximum absolute atomic E-state index is 12.7. The number of ether oxygens (including phenoxy) is 2. The van der Waals surface area contributed by atoms with Crippen LogP contribution in [0.5, 0.6) is 11.5 Å². The van der Waals surface area contributed by atoms with E-state index in [0.29, 0.717) is 43.1 Å². The van der Waals surface area contributed by atoms with E-state index in [1.165, 1.54) is 10.4 Å². The summed E-state index contributed by atoms with van der Waals surface area (Å²) in [5, 5.41) is 2.96. The first kappa shape index (κ1) is 21.3. The summed E-state index contributed by atoms with van der Waals surface area (Å²) in [6.07, 6.45) is 4.80. The minimum absolute atomic E-state index is 0.0145. The van der Waals surface area contributed by atoms with E-state index in [4.69, 9.17) is 9.47 Å². The molecule has 1 saturated heterocycles. The van der Waals surface area contributed by atoms with E-state index in [9.17, 15) is 9.59 Å². The van der Waals surface area contributed by atoms with Gasteiger partial charge in [-0.25, -0.2) is 0 Å². The number of thiophene rings is 1. The second-order valence-electron chi connectivity index (χ2n) is 8.06. The second kappa shape index (κ2) is 9.50. The first-order chi connectivity index (χ1) is 16.2. The van der Waals surface area contributed by atoms with Crippen LogP contribution in [0.2, 0.25) is 0 Å². The molecule has 1 aromatic heterocycles. The summed E-state index contributed by atoms with van der Waals surface area (Å²) < 4.78 is 10.7. The molecule has 2 aliphatic rings. The van der Waals surface area contributed by atoms with Gasteiger partial charge in [0, 0.05) is 46.6 Å². The molecule has 3 heterocycles. The molecule has 5 rings (SSSR count). The molecule has 0 bridgehead atoms. The van der Waals surface area contributed by atoms with Crippen LogP contribution in [-0.4, -0.2) is 36.6 Å². The third kappa shape index (κ3) is 4.93. The molecular formula is C26H24N2O4S. The van der Waals surface area contributed by atoms with E-state index in [2.05, 4.69) is 23.5 Å². The maximum Gasteiger partial charge on any atom is 0.246 e. The molecule has 2 aromatic carbocycles. The summed E-state index contributed by atoms with van der Waals surface area (Å²) in [7, 11) is 0. The Bertz CT molecular complexity index is 1180. The Kier molecular flexibility index (Phi) is 6.13. The van der Waals surface area contributed by atoms with E-state index >= 15 is 0 Å². The molecule has 0 atom stereocenters. The molecule has 7 heteroatoms. The van der Waals surface area contributed by atoms with Crippen molar-refractivity contribution in [1.82, 2.24) is 4.90 Å². The average Bonchev–Trinajstić information content (AvgIpc) is 3.52. The molecule has 0 radical (unpaired) electrons. The van der Waals surface area contributed by atoms with Crippen molar-refractivity contribution in [1.29, 1.82) is 0 Å². The molecule has 168 valence electrons. The molecule has 0 aliphatic carbocycles. The Hall–Kier alpha value is -3.58. The zero-order valence-electron chi connectivity index (χ0n) is 18.0. The fourth-order valence-corrected chi connectivity index (χ4v) is 4.96. The second-order valence-corrected chi connectivity index (χ2v) is 9.17. The van der Waals surface area contributed by atoms with Crippen LogP contribution in [0, 0.1) is 5.92 Å². The molecule has 2 aliphatic heterocycles. The molecular weight excluding hydrogens is 436 g/mol. The number of likely N-dealkylation sites (tertiary alicyclic amines) is 1. The minimum Gasteiger partial charge on any atom is -0.454 e. The lowest BCUT2D eigenvalue weighted by atomic mass is 9.95. The fourth-order valence-electron chi connectivity index (χ4n) is 4.04. The fraction of sp³-hybridized carbons (Fsp3) is 0.231. The predicted octanol–water partition coefficient (Wildman–Crippen LogP) is 5.03. The van der Waals surface area contributed by atoms with Crippen LogP contribution in [-0.2, 0) is 9.59 Å². The number of hydrogen-bond acceptors (Lipinski definition) is 5. The number of fused-ring (bicyclic) bond motifs is 1. The number of rotatable bonds is 5. The SMILES string of the molecule is O=C(Nc1ccc2c(c1)OCO2)C1CCN(C(=O)C=Cc2ccc(-c3ccccc3)s2)CC1. The van der Waals surface area contributed by atoms with Gasteiger partial charge in [0.05, 0.1) is 0 Å². The van der Waals surface area contributed by atoms with E-state index in [1.54, 1.807) is 29.5 Å². The van der Waals surface area contributed by atoms with Crippen molar-refractivity contribution in [2.75, 3.05) is 25.2 Å². The highest BCUT2D eigenvalue weighted by molar-refractivity contribution is 7.16. The van der Waals surface area contributed by atoms with E-state index < -0.39 is 0 Å². The lowest BCUT2D eigenvalue weighted by Gasteiger charge is -2.30. The number of carbonyl (C=O) groups excluding carboxylic acids is 2. The Morgan fingerprint density at radius 3 is 2.58 bits per heavy atom. The van der Waals surface area contributed by atoms with Crippen molar-refractivity contribution >= 4 is 34.9 Å². The third-order valence-corrected chi connectivity index (χ3v) is 6.99. The van der Waals surface area contributed by atoms with Crippen LogP contribution >= 0.6 is 11.3 Å². The van der Waals surface area contributed by atoms with E-state index in [-0.39, 0.29) is 24.5 Å². The number of benzene rings is 2. The van der Waals surface area contributed by atoms with Gasteiger partial charge in [0.15, 0.2) is 11.5 Å². The maximum atomic E-state index is 12.7. The summed E-state index contributed by atoms with van der Waals surface area (Å²) in [5.41, 5.74) is 1.87. The number of anilines is 1. The van der Waals surface area contributed by atoms with Crippen LogP contribution in [0.4, 0.5) is 5.69 Å². The Morgan fingerprint density at radius 1 is 0.970 bits per heavy atom. The summed E-state index contributed by atoms with van der Waals surface area (Å²) in [4.78, 5) is 29.3. The minimum atomic E-state index is -0.117. The van der Waals surface area contributed by atoms with Gasteiger partial charge in [-0.3, -0.25) is 9.59 Å². The first-order valence-electron chi connectivity index (χ1n) is 11.0. The van der Waals surface area contributed by atoms with Crippen molar-refractivity contribution in [3.63, 3.8) is 0 Å². The molecule has 2 amide bonds. The van der Waals surface area contributed by atoms with Crippen molar-refractivity contribution < 1.29 is 19.1 Å². The van der Waals surface area contributed by atoms with Crippen LogP contribution in [0.25, 0.3) is 16.5 Å². The van der Waals surface area contributed by atoms with Gasteiger partial charge in [0.1, 0.15) is 0 Å². The quantitative estimate of drug-likeness (QED) is 0.542. The zero-order valence-corrected chi connectivity index (χ0v) is 18.8. The molecule has 1 N–H and O–H groups in total. The van der Waals surface area contributed by atoms with Gasteiger partial charge in [0.25, 0.3) is 0 Å². The largest absolute Gasteiger partial charge is 0.454 e. The van der Waals surface area contributed by atoms with Crippen molar-refractivity contribution in [2.45, 2.75) is 12.8 Å². The van der Waals surface area contributed by atoms with Gasteiger partial charge in [0.2, 0.25) is 18.6 Å². The standard InChI is InChI=1S/C26H24N2O4S/c29-25(11-8-21-7-10-24(33-21)18-4-2-1-3-5-18)28-14-12-19(13-15-28)26(30)27-20-6-9-22-23(16-20)32-17-31-22/h1-11,16,19H,12-15,17H2,(H,27,30). The van der Waals surface area contributed by atoms with Gasteiger partial charge >= 0.3 is 0 Å². The van der Waals surface area contributed by atoms with Crippen molar-refractivity contribution in [3.8, 4) is 21.9 Å².